The highest BCUT2D eigenvalue weighted by Gasteiger charge is 2.32. The van der Waals surface area contributed by atoms with Gasteiger partial charge in [0.25, 0.3) is 0 Å². The van der Waals surface area contributed by atoms with Crippen molar-refractivity contribution < 1.29 is 21.9 Å². The molecule has 4 nitrogen and oxygen atoms in total. The summed E-state index contributed by atoms with van der Waals surface area (Å²) < 4.78 is 56.2. The standard InChI is InChI=1S/C6H11F3N2O2S/c7-6(8,9)5-10-1-3-11(4-2-10)14(12)13/h1-5H2,(H,12,13). The summed E-state index contributed by atoms with van der Waals surface area (Å²) in [7, 11) is 0. The molecule has 0 bridgehead atoms. The van der Waals surface area contributed by atoms with Crippen molar-refractivity contribution in [3.05, 3.63) is 0 Å². The van der Waals surface area contributed by atoms with Crippen LogP contribution in [0.3, 0.4) is 0 Å². The third-order valence-electron chi connectivity index (χ3n) is 1.96. The quantitative estimate of drug-likeness (QED) is 0.696. The van der Waals surface area contributed by atoms with E-state index < -0.39 is 24.0 Å². The Morgan fingerprint density at radius 1 is 1.21 bits per heavy atom. The van der Waals surface area contributed by atoms with Crippen molar-refractivity contribution in [2.75, 3.05) is 32.7 Å². The molecular weight excluding hydrogens is 221 g/mol. The van der Waals surface area contributed by atoms with E-state index in [9.17, 15) is 17.4 Å². The Morgan fingerprint density at radius 2 is 1.71 bits per heavy atom. The van der Waals surface area contributed by atoms with E-state index in [1.54, 1.807) is 0 Å². The highest BCUT2D eigenvalue weighted by Crippen LogP contribution is 2.17. The first-order valence-electron chi connectivity index (χ1n) is 4.03. The summed E-state index contributed by atoms with van der Waals surface area (Å²) in [5.74, 6) is 0. The molecule has 1 aliphatic rings. The molecule has 1 rings (SSSR count). The Labute approximate surface area is 82.1 Å². The molecule has 0 spiro atoms. The molecule has 1 N–H and O–H groups in total. The highest BCUT2D eigenvalue weighted by molar-refractivity contribution is 7.76. The van der Waals surface area contributed by atoms with Crippen molar-refractivity contribution in [1.29, 1.82) is 0 Å². The van der Waals surface area contributed by atoms with E-state index in [2.05, 4.69) is 0 Å². The zero-order chi connectivity index (χ0) is 10.8. The monoisotopic (exact) mass is 232 g/mol. The molecular formula is C6H11F3N2O2S. The van der Waals surface area contributed by atoms with E-state index in [4.69, 9.17) is 4.55 Å². The summed E-state index contributed by atoms with van der Waals surface area (Å²) in [4.78, 5) is 1.23. The van der Waals surface area contributed by atoms with Crippen LogP contribution in [0, 0.1) is 0 Å². The van der Waals surface area contributed by atoms with Gasteiger partial charge in [0.15, 0.2) is 0 Å². The molecule has 1 aliphatic heterocycles. The molecule has 0 aromatic carbocycles. The van der Waals surface area contributed by atoms with Crippen molar-refractivity contribution in [2.24, 2.45) is 0 Å². The second-order valence-electron chi connectivity index (χ2n) is 3.05. The number of halogens is 3. The fraction of sp³-hybridized carbons (Fsp3) is 1.00. The Balaban J connectivity index is 2.33. The maximum absolute atomic E-state index is 11.9. The summed E-state index contributed by atoms with van der Waals surface area (Å²) in [6.45, 7) is -0.213. The van der Waals surface area contributed by atoms with Gasteiger partial charge in [0.2, 0.25) is 11.3 Å². The average molecular weight is 232 g/mol. The summed E-state index contributed by atoms with van der Waals surface area (Å²) >= 11 is -2.06. The molecule has 0 aromatic rings. The van der Waals surface area contributed by atoms with Crippen LogP contribution >= 0.6 is 0 Å². The number of piperazine rings is 1. The molecule has 0 aromatic heterocycles. The molecule has 0 saturated carbocycles. The highest BCUT2D eigenvalue weighted by atomic mass is 32.2. The number of hydrogen-bond acceptors (Lipinski definition) is 2. The zero-order valence-electron chi connectivity index (χ0n) is 7.33. The fourth-order valence-corrected chi connectivity index (χ4v) is 1.77. The van der Waals surface area contributed by atoms with Crippen molar-refractivity contribution in [1.82, 2.24) is 9.21 Å². The molecule has 0 radical (unpaired) electrons. The van der Waals surface area contributed by atoms with E-state index >= 15 is 0 Å². The van der Waals surface area contributed by atoms with Crippen LogP contribution in [-0.2, 0) is 11.3 Å². The molecule has 1 saturated heterocycles. The van der Waals surface area contributed by atoms with Gasteiger partial charge in [0.05, 0.1) is 6.54 Å². The van der Waals surface area contributed by atoms with Crippen LogP contribution < -0.4 is 0 Å². The molecule has 1 heterocycles. The molecule has 0 aliphatic carbocycles. The van der Waals surface area contributed by atoms with Crippen LogP contribution in [0.5, 0.6) is 0 Å². The maximum atomic E-state index is 11.9. The number of hydrogen-bond donors (Lipinski definition) is 1. The Kier molecular flexibility index (Phi) is 3.87. The molecule has 84 valence electrons. The molecule has 1 fully saturated rings. The topological polar surface area (TPSA) is 43.8 Å². The minimum Gasteiger partial charge on any atom is -0.294 e. The van der Waals surface area contributed by atoms with Crippen molar-refractivity contribution >= 4 is 11.3 Å². The minimum absolute atomic E-state index is 0.172. The van der Waals surface area contributed by atoms with Gasteiger partial charge in [-0.05, 0) is 0 Å². The lowest BCUT2D eigenvalue weighted by molar-refractivity contribution is -0.148. The van der Waals surface area contributed by atoms with Gasteiger partial charge in [-0.25, -0.2) is 4.21 Å². The first-order valence-corrected chi connectivity index (χ1v) is 5.10. The fourth-order valence-electron chi connectivity index (χ4n) is 1.30. The second kappa shape index (κ2) is 4.56. The van der Waals surface area contributed by atoms with Gasteiger partial charge < -0.3 is 0 Å². The van der Waals surface area contributed by atoms with Gasteiger partial charge in [0.1, 0.15) is 0 Å². The molecule has 8 heteroatoms. The Bertz CT molecular complexity index is 216. The van der Waals surface area contributed by atoms with Crippen LogP contribution in [-0.4, -0.2) is 56.9 Å². The zero-order valence-corrected chi connectivity index (χ0v) is 8.14. The lowest BCUT2D eigenvalue weighted by atomic mass is 10.3. The summed E-state index contributed by atoms with van der Waals surface area (Å²) in [5, 5.41) is 0. The lowest BCUT2D eigenvalue weighted by Crippen LogP contribution is -2.49. The van der Waals surface area contributed by atoms with E-state index in [-0.39, 0.29) is 26.2 Å². The predicted octanol–water partition coefficient (Wildman–Crippen LogP) is 0.303. The van der Waals surface area contributed by atoms with Crippen molar-refractivity contribution in [3.8, 4) is 0 Å². The van der Waals surface area contributed by atoms with Gasteiger partial charge in [-0.15, -0.1) is 0 Å². The van der Waals surface area contributed by atoms with Gasteiger partial charge in [0, 0.05) is 26.2 Å². The van der Waals surface area contributed by atoms with Crippen LogP contribution in [0.2, 0.25) is 0 Å². The summed E-state index contributed by atoms with van der Waals surface area (Å²) in [6.07, 6.45) is -4.19. The first-order chi connectivity index (χ1) is 6.38. The van der Waals surface area contributed by atoms with Gasteiger partial charge in [-0.2, -0.15) is 17.5 Å². The second-order valence-corrected chi connectivity index (χ2v) is 4.03. The van der Waals surface area contributed by atoms with Gasteiger partial charge >= 0.3 is 6.18 Å². The van der Waals surface area contributed by atoms with Crippen LogP contribution in [0.25, 0.3) is 0 Å². The summed E-state index contributed by atoms with van der Waals surface area (Å²) in [6, 6.07) is 0. The molecule has 14 heavy (non-hydrogen) atoms. The van der Waals surface area contributed by atoms with Crippen molar-refractivity contribution in [3.63, 3.8) is 0 Å². The lowest BCUT2D eigenvalue weighted by Gasteiger charge is -2.32. The molecule has 1 unspecified atom stereocenters. The number of nitrogens with zero attached hydrogens (tertiary/aromatic N) is 2. The first kappa shape index (κ1) is 11.9. The van der Waals surface area contributed by atoms with E-state index in [0.717, 1.165) is 0 Å². The largest absolute Gasteiger partial charge is 0.401 e. The predicted molar refractivity (Wildman–Crippen MR) is 44.8 cm³/mol. The smallest absolute Gasteiger partial charge is 0.294 e. The van der Waals surface area contributed by atoms with E-state index in [1.807, 2.05) is 0 Å². The maximum Gasteiger partial charge on any atom is 0.401 e. The van der Waals surface area contributed by atoms with Crippen LogP contribution in [0.4, 0.5) is 13.2 Å². The van der Waals surface area contributed by atoms with Crippen molar-refractivity contribution in [2.45, 2.75) is 6.18 Å². The number of alkyl halides is 3. The Hall–Kier alpha value is -0.180. The third-order valence-corrected chi connectivity index (χ3v) is 2.76. The SMILES string of the molecule is O=S(O)N1CCN(CC(F)(F)F)CC1. The van der Waals surface area contributed by atoms with Gasteiger partial charge in [-0.1, -0.05) is 0 Å². The van der Waals surface area contributed by atoms with Crippen LogP contribution in [0.1, 0.15) is 0 Å². The van der Waals surface area contributed by atoms with Gasteiger partial charge in [-0.3, -0.25) is 9.45 Å². The van der Waals surface area contributed by atoms with E-state index in [1.165, 1.54) is 9.21 Å². The minimum atomic E-state index is -4.19. The van der Waals surface area contributed by atoms with E-state index in [0.29, 0.717) is 0 Å². The third kappa shape index (κ3) is 3.91. The normalized spacial score (nSPS) is 23.7. The molecule has 1 atom stereocenters. The summed E-state index contributed by atoms with van der Waals surface area (Å²) in [5.41, 5.74) is 0. The average Bonchev–Trinajstić information content (AvgIpc) is 2.02. The van der Waals surface area contributed by atoms with Crippen LogP contribution in [0.15, 0.2) is 0 Å². The Morgan fingerprint density at radius 3 is 2.07 bits per heavy atom. The number of rotatable bonds is 2. The molecule has 0 amide bonds.